The predicted octanol–water partition coefficient (Wildman–Crippen LogP) is 3.60. The molecule has 0 aliphatic rings. The van der Waals surface area contributed by atoms with Gasteiger partial charge in [0.25, 0.3) is 0 Å². The summed E-state index contributed by atoms with van der Waals surface area (Å²) >= 11 is 0. The molecular formula is C18H18N2O. The van der Waals surface area contributed by atoms with Gasteiger partial charge in [-0.05, 0) is 35.6 Å². The van der Waals surface area contributed by atoms with Crippen molar-refractivity contribution in [3.05, 3.63) is 71.5 Å². The molecule has 1 heterocycles. The van der Waals surface area contributed by atoms with Gasteiger partial charge in [-0.1, -0.05) is 30.3 Å². The molecule has 3 heteroatoms. The summed E-state index contributed by atoms with van der Waals surface area (Å²) < 4.78 is 5.49. The quantitative estimate of drug-likeness (QED) is 0.796. The predicted molar refractivity (Wildman–Crippen MR) is 85.5 cm³/mol. The first-order chi connectivity index (χ1) is 10.2. The molecule has 2 aromatic carbocycles. The second kappa shape index (κ2) is 5.54. The van der Waals surface area contributed by atoms with Gasteiger partial charge in [-0.3, -0.25) is 4.98 Å². The van der Waals surface area contributed by atoms with Crippen LogP contribution in [0.5, 0.6) is 5.75 Å². The number of ether oxygens (including phenoxy) is 1. The number of hydrogen-bond acceptors (Lipinski definition) is 3. The van der Waals surface area contributed by atoms with Crippen molar-refractivity contribution < 1.29 is 4.74 Å². The second-order valence-electron chi connectivity index (χ2n) is 5.17. The van der Waals surface area contributed by atoms with Crippen LogP contribution in [0.25, 0.3) is 10.8 Å². The Morgan fingerprint density at radius 3 is 2.76 bits per heavy atom. The highest BCUT2D eigenvalue weighted by atomic mass is 16.5. The maximum Gasteiger partial charge on any atom is 0.124 e. The minimum Gasteiger partial charge on any atom is -0.496 e. The third kappa shape index (κ3) is 2.48. The summed E-state index contributed by atoms with van der Waals surface area (Å²) in [4.78, 5) is 4.17. The van der Waals surface area contributed by atoms with E-state index in [2.05, 4.69) is 17.1 Å². The van der Waals surface area contributed by atoms with Gasteiger partial charge in [0.05, 0.1) is 13.2 Å². The average Bonchev–Trinajstić information content (AvgIpc) is 2.53. The van der Waals surface area contributed by atoms with E-state index in [0.29, 0.717) is 0 Å². The lowest BCUT2D eigenvalue weighted by Crippen LogP contribution is -2.13. The molecule has 0 saturated carbocycles. The van der Waals surface area contributed by atoms with Crippen molar-refractivity contribution in [3.63, 3.8) is 0 Å². The van der Waals surface area contributed by atoms with Crippen LogP contribution in [0, 0.1) is 6.92 Å². The van der Waals surface area contributed by atoms with Crippen molar-refractivity contribution in [2.45, 2.75) is 13.0 Å². The van der Waals surface area contributed by atoms with Crippen LogP contribution in [-0.2, 0) is 0 Å². The smallest absolute Gasteiger partial charge is 0.124 e. The van der Waals surface area contributed by atoms with Gasteiger partial charge in [0.15, 0.2) is 0 Å². The van der Waals surface area contributed by atoms with Gasteiger partial charge in [-0.2, -0.15) is 0 Å². The molecule has 3 rings (SSSR count). The Balaban J connectivity index is 2.15. The molecule has 21 heavy (non-hydrogen) atoms. The minimum atomic E-state index is -0.230. The molecule has 1 aromatic heterocycles. The molecule has 106 valence electrons. The van der Waals surface area contributed by atoms with E-state index < -0.39 is 0 Å². The molecule has 3 aromatic rings. The lowest BCUT2D eigenvalue weighted by atomic mass is 9.94. The summed E-state index contributed by atoms with van der Waals surface area (Å²) in [6.07, 6.45) is 3.66. The lowest BCUT2D eigenvalue weighted by molar-refractivity contribution is 0.407. The number of hydrogen-bond donors (Lipinski definition) is 1. The first-order valence-electron chi connectivity index (χ1n) is 6.93. The highest BCUT2D eigenvalue weighted by Gasteiger charge is 2.16. The Kier molecular flexibility index (Phi) is 3.59. The number of fused-ring (bicyclic) bond motifs is 1. The summed E-state index contributed by atoms with van der Waals surface area (Å²) in [7, 11) is 1.68. The largest absolute Gasteiger partial charge is 0.496 e. The number of rotatable bonds is 3. The normalized spacial score (nSPS) is 12.3. The van der Waals surface area contributed by atoms with Crippen molar-refractivity contribution in [3.8, 4) is 5.75 Å². The molecule has 0 fully saturated rings. The molecule has 0 radical (unpaired) electrons. The molecule has 0 aliphatic carbocycles. The molecule has 1 unspecified atom stereocenters. The molecule has 0 amide bonds. The number of benzene rings is 2. The van der Waals surface area contributed by atoms with E-state index in [9.17, 15) is 0 Å². The number of nitrogens with zero attached hydrogens (tertiary/aromatic N) is 1. The van der Waals surface area contributed by atoms with Crippen molar-refractivity contribution in [1.82, 2.24) is 4.98 Å². The Labute approximate surface area is 124 Å². The van der Waals surface area contributed by atoms with Crippen LogP contribution in [0.1, 0.15) is 22.7 Å². The van der Waals surface area contributed by atoms with Gasteiger partial charge >= 0.3 is 0 Å². The first-order valence-corrected chi connectivity index (χ1v) is 6.93. The number of aromatic nitrogens is 1. The summed E-state index contributed by atoms with van der Waals surface area (Å²) in [6.45, 7) is 2.04. The maximum atomic E-state index is 6.51. The van der Waals surface area contributed by atoms with Crippen molar-refractivity contribution in [2.24, 2.45) is 5.73 Å². The fourth-order valence-corrected chi connectivity index (χ4v) is 2.66. The van der Waals surface area contributed by atoms with E-state index >= 15 is 0 Å². The van der Waals surface area contributed by atoms with Crippen LogP contribution in [0.15, 0.2) is 54.9 Å². The topological polar surface area (TPSA) is 48.1 Å². The Hall–Kier alpha value is -2.39. The zero-order valence-corrected chi connectivity index (χ0v) is 12.2. The first kappa shape index (κ1) is 13.6. The minimum absolute atomic E-state index is 0.230. The molecule has 0 aliphatic heterocycles. The van der Waals surface area contributed by atoms with Gasteiger partial charge < -0.3 is 10.5 Å². The van der Waals surface area contributed by atoms with Crippen LogP contribution in [-0.4, -0.2) is 12.1 Å². The highest BCUT2D eigenvalue weighted by Crippen LogP contribution is 2.32. The number of nitrogens with two attached hydrogens (primary N) is 1. The van der Waals surface area contributed by atoms with Crippen LogP contribution < -0.4 is 10.5 Å². The standard InChI is InChI=1S/C18H18N2O/c1-12-6-7-16(17(10-12)21-2)18(19)15-5-3-4-13-11-20-9-8-14(13)15/h3-11,18H,19H2,1-2H3. The number of pyridine rings is 1. The van der Waals surface area contributed by atoms with Crippen molar-refractivity contribution in [1.29, 1.82) is 0 Å². The highest BCUT2D eigenvalue weighted by molar-refractivity contribution is 5.85. The molecule has 0 saturated heterocycles. The lowest BCUT2D eigenvalue weighted by Gasteiger charge is -2.18. The van der Waals surface area contributed by atoms with Crippen molar-refractivity contribution in [2.75, 3.05) is 7.11 Å². The Morgan fingerprint density at radius 1 is 1.10 bits per heavy atom. The van der Waals surface area contributed by atoms with Gasteiger partial charge in [-0.15, -0.1) is 0 Å². The van der Waals surface area contributed by atoms with E-state index in [1.54, 1.807) is 13.3 Å². The SMILES string of the molecule is COc1cc(C)ccc1C(N)c1cccc2cnccc12. The molecular weight excluding hydrogens is 260 g/mol. The van der Waals surface area contributed by atoms with E-state index in [1.165, 1.54) is 0 Å². The summed E-state index contributed by atoms with van der Waals surface area (Å²) in [5.74, 6) is 0.827. The van der Waals surface area contributed by atoms with Gasteiger partial charge in [0.1, 0.15) is 5.75 Å². The van der Waals surface area contributed by atoms with Gasteiger partial charge in [-0.25, -0.2) is 0 Å². The van der Waals surface area contributed by atoms with Crippen LogP contribution in [0.2, 0.25) is 0 Å². The summed E-state index contributed by atoms with van der Waals surface area (Å²) in [5, 5.41) is 2.22. The molecule has 1 atom stereocenters. The molecule has 2 N–H and O–H groups in total. The molecule has 0 spiro atoms. The summed E-state index contributed by atoms with van der Waals surface area (Å²) in [5.41, 5.74) is 9.74. The second-order valence-corrected chi connectivity index (χ2v) is 5.17. The van der Waals surface area contributed by atoms with Crippen molar-refractivity contribution >= 4 is 10.8 Å². The van der Waals surface area contributed by atoms with Crippen LogP contribution in [0.4, 0.5) is 0 Å². The third-order valence-electron chi connectivity index (χ3n) is 3.77. The zero-order chi connectivity index (χ0) is 14.8. The summed E-state index contributed by atoms with van der Waals surface area (Å²) in [6, 6.07) is 14.0. The fraction of sp³-hybridized carbons (Fsp3) is 0.167. The van der Waals surface area contributed by atoms with Crippen LogP contribution >= 0.6 is 0 Å². The van der Waals surface area contributed by atoms with Crippen LogP contribution in [0.3, 0.4) is 0 Å². The van der Waals surface area contributed by atoms with E-state index in [0.717, 1.165) is 33.2 Å². The third-order valence-corrected chi connectivity index (χ3v) is 3.77. The van der Waals surface area contributed by atoms with E-state index in [-0.39, 0.29) is 6.04 Å². The Bertz CT molecular complexity index is 778. The zero-order valence-electron chi connectivity index (χ0n) is 12.2. The number of methoxy groups -OCH3 is 1. The molecule has 0 bridgehead atoms. The average molecular weight is 278 g/mol. The Morgan fingerprint density at radius 2 is 1.95 bits per heavy atom. The van der Waals surface area contributed by atoms with Gasteiger partial charge in [0.2, 0.25) is 0 Å². The monoisotopic (exact) mass is 278 g/mol. The maximum absolute atomic E-state index is 6.51. The van der Waals surface area contributed by atoms with Gasteiger partial charge in [0, 0.05) is 23.3 Å². The van der Waals surface area contributed by atoms with E-state index in [1.807, 2.05) is 43.5 Å². The number of aryl methyl sites for hydroxylation is 1. The fourth-order valence-electron chi connectivity index (χ4n) is 2.66. The molecule has 3 nitrogen and oxygen atoms in total. The van der Waals surface area contributed by atoms with E-state index in [4.69, 9.17) is 10.5 Å².